The van der Waals surface area contributed by atoms with Crippen LogP contribution in [0.15, 0.2) is 6.33 Å². The molecule has 0 aliphatic rings. The first-order chi connectivity index (χ1) is 7.19. The Balaban J connectivity index is 2.18. The third-order valence-electron chi connectivity index (χ3n) is 2.01. The molecule has 0 N–H and O–H groups in total. The van der Waals surface area contributed by atoms with E-state index in [1.807, 2.05) is 19.9 Å². The average Bonchev–Trinajstić information content (AvgIpc) is 2.76. The van der Waals surface area contributed by atoms with Gasteiger partial charge in [-0.2, -0.15) is 5.26 Å². The summed E-state index contributed by atoms with van der Waals surface area (Å²) in [5, 5.41) is 13.5. The van der Waals surface area contributed by atoms with Crippen LogP contribution in [0.25, 0.3) is 0 Å². The fourth-order valence-corrected chi connectivity index (χ4v) is 2.09. The zero-order valence-electron chi connectivity index (χ0n) is 8.43. The van der Waals surface area contributed by atoms with E-state index in [2.05, 4.69) is 15.1 Å². The van der Waals surface area contributed by atoms with Crippen molar-refractivity contribution < 1.29 is 0 Å². The van der Waals surface area contributed by atoms with Crippen molar-refractivity contribution in [3.8, 4) is 6.07 Å². The van der Waals surface area contributed by atoms with Crippen molar-refractivity contribution in [1.82, 2.24) is 19.7 Å². The second-order valence-electron chi connectivity index (χ2n) is 3.13. The Morgan fingerprint density at radius 1 is 1.53 bits per heavy atom. The summed E-state index contributed by atoms with van der Waals surface area (Å²) in [5.41, 5.74) is 1.05. The molecule has 15 heavy (non-hydrogen) atoms. The fourth-order valence-electron chi connectivity index (χ4n) is 1.17. The van der Waals surface area contributed by atoms with E-state index in [1.165, 1.54) is 4.88 Å². The van der Waals surface area contributed by atoms with E-state index in [9.17, 15) is 0 Å². The molecule has 0 amide bonds. The van der Waals surface area contributed by atoms with Crippen molar-refractivity contribution in [3.63, 3.8) is 0 Å². The van der Waals surface area contributed by atoms with Crippen LogP contribution in [-0.2, 0) is 6.54 Å². The topological polar surface area (TPSA) is 67.4 Å². The molecule has 2 rings (SSSR count). The highest BCUT2D eigenvalue weighted by Gasteiger charge is 2.05. The molecule has 2 aromatic rings. The van der Waals surface area contributed by atoms with Crippen molar-refractivity contribution in [3.05, 3.63) is 27.7 Å². The van der Waals surface area contributed by atoms with Gasteiger partial charge in [0.25, 0.3) is 5.82 Å². The molecule has 0 bridgehead atoms. The van der Waals surface area contributed by atoms with Crippen LogP contribution in [0, 0.1) is 25.2 Å². The minimum absolute atomic E-state index is 0.194. The van der Waals surface area contributed by atoms with Crippen LogP contribution in [0.2, 0.25) is 0 Å². The lowest BCUT2D eigenvalue weighted by Crippen LogP contribution is -2.00. The monoisotopic (exact) mass is 219 g/mol. The van der Waals surface area contributed by atoms with Gasteiger partial charge in [0.2, 0.25) is 0 Å². The van der Waals surface area contributed by atoms with Gasteiger partial charge in [0.05, 0.1) is 12.2 Å². The molecular weight excluding hydrogens is 210 g/mol. The minimum atomic E-state index is 0.194. The van der Waals surface area contributed by atoms with Gasteiger partial charge in [0.1, 0.15) is 17.4 Å². The summed E-state index contributed by atoms with van der Waals surface area (Å²) in [5.74, 6) is 0.194. The van der Waals surface area contributed by atoms with Crippen LogP contribution in [-0.4, -0.2) is 19.7 Å². The first-order valence-corrected chi connectivity index (χ1v) is 5.23. The van der Waals surface area contributed by atoms with E-state index in [0.717, 1.165) is 10.7 Å². The molecule has 0 saturated carbocycles. The predicted molar refractivity (Wildman–Crippen MR) is 55.4 cm³/mol. The maximum atomic E-state index is 8.56. The highest BCUT2D eigenvalue weighted by molar-refractivity contribution is 7.11. The molecule has 0 aromatic carbocycles. The Bertz CT molecular complexity index is 499. The third kappa shape index (κ3) is 2.02. The second-order valence-corrected chi connectivity index (χ2v) is 4.41. The van der Waals surface area contributed by atoms with Crippen molar-refractivity contribution in [2.75, 3.05) is 0 Å². The Hall–Kier alpha value is -1.74. The summed E-state index contributed by atoms with van der Waals surface area (Å²) in [7, 11) is 0. The van der Waals surface area contributed by atoms with Crippen LogP contribution in [0.1, 0.15) is 21.4 Å². The summed E-state index contributed by atoms with van der Waals surface area (Å²) in [4.78, 5) is 9.43. The molecule has 0 aliphatic heterocycles. The van der Waals surface area contributed by atoms with Gasteiger partial charge in [0.15, 0.2) is 0 Å². The lowest BCUT2D eigenvalue weighted by Gasteiger charge is -1.93. The van der Waals surface area contributed by atoms with Gasteiger partial charge in [-0.15, -0.1) is 16.4 Å². The van der Waals surface area contributed by atoms with E-state index >= 15 is 0 Å². The number of rotatable bonds is 2. The Morgan fingerprint density at radius 2 is 2.33 bits per heavy atom. The molecule has 6 heteroatoms. The molecule has 0 spiro atoms. The predicted octanol–water partition coefficient (Wildman–Crippen LogP) is 1.27. The third-order valence-corrected chi connectivity index (χ3v) is 3.06. The molecule has 2 heterocycles. The Morgan fingerprint density at radius 3 is 2.87 bits per heavy atom. The summed E-state index contributed by atoms with van der Waals surface area (Å²) in [6, 6.07) is 1.89. The molecule has 5 nitrogen and oxygen atoms in total. The van der Waals surface area contributed by atoms with Crippen molar-refractivity contribution in [2.45, 2.75) is 20.4 Å². The molecule has 0 atom stereocenters. The summed E-state index contributed by atoms with van der Waals surface area (Å²) in [6.45, 7) is 4.60. The Labute approximate surface area is 91.0 Å². The van der Waals surface area contributed by atoms with E-state index in [1.54, 1.807) is 22.3 Å². The van der Waals surface area contributed by atoms with Crippen LogP contribution in [0.5, 0.6) is 0 Å². The van der Waals surface area contributed by atoms with Gasteiger partial charge >= 0.3 is 0 Å². The standard InChI is InChI=1S/C9H9N5S/c1-6-7(2)15-9(12-6)4-14-5-11-8(3-10)13-14/h5H,4H2,1-2H3. The van der Waals surface area contributed by atoms with Crippen molar-refractivity contribution >= 4 is 11.3 Å². The number of nitrogens with zero attached hydrogens (tertiary/aromatic N) is 5. The number of hydrogen-bond donors (Lipinski definition) is 0. The minimum Gasteiger partial charge on any atom is -0.245 e. The maximum absolute atomic E-state index is 8.56. The molecule has 0 saturated heterocycles. The van der Waals surface area contributed by atoms with E-state index < -0.39 is 0 Å². The quantitative estimate of drug-likeness (QED) is 0.762. The number of hydrogen-bond acceptors (Lipinski definition) is 5. The van der Waals surface area contributed by atoms with Crippen molar-refractivity contribution in [2.24, 2.45) is 0 Å². The van der Waals surface area contributed by atoms with Gasteiger partial charge in [0, 0.05) is 4.88 Å². The zero-order valence-corrected chi connectivity index (χ0v) is 9.25. The van der Waals surface area contributed by atoms with Gasteiger partial charge in [-0.1, -0.05) is 0 Å². The average molecular weight is 219 g/mol. The molecule has 2 aromatic heterocycles. The normalized spacial score (nSPS) is 10.2. The number of aryl methyl sites for hydroxylation is 2. The van der Waals surface area contributed by atoms with E-state index in [-0.39, 0.29) is 5.82 Å². The van der Waals surface area contributed by atoms with Crippen LogP contribution < -0.4 is 0 Å². The molecule has 0 aliphatic carbocycles. The summed E-state index contributed by atoms with van der Waals surface area (Å²) in [6.07, 6.45) is 1.55. The van der Waals surface area contributed by atoms with Gasteiger partial charge in [-0.3, -0.25) is 0 Å². The first kappa shape index (κ1) is 9.80. The zero-order chi connectivity index (χ0) is 10.8. The lowest BCUT2D eigenvalue weighted by atomic mass is 10.4. The van der Waals surface area contributed by atoms with Gasteiger partial charge in [-0.25, -0.2) is 14.6 Å². The molecule has 0 unspecified atom stereocenters. The number of aromatic nitrogens is 4. The fraction of sp³-hybridized carbons (Fsp3) is 0.333. The van der Waals surface area contributed by atoms with Gasteiger partial charge in [-0.05, 0) is 13.8 Å². The molecule has 76 valence electrons. The summed E-state index contributed by atoms with van der Waals surface area (Å²) < 4.78 is 1.62. The van der Waals surface area contributed by atoms with Crippen LogP contribution in [0.3, 0.4) is 0 Å². The van der Waals surface area contributed by atoms with E-state index in [4.69, 9.17) is 5.26 Å². The molecule has 0 radical (unpaired) electrons. The Kier molecular flexibility index (Phi) is 2.47. The largest absolute Gasteiger partial charge is 0.252 e. The summed E-state index contributed by atoms with van der Waals surface area (Å²) >= 11 is 1.64. The number of thiazole rings is 1. The SMILES string of the molecule is Cc1nc(Cn2cnc(C#N)n2)sc1C. The first-order valence-electron chi connectivity index (χ1n) is 4.41. The van der Waals surface area contributed by atoms with Gasteiger partial charge < -0.3 is 0 Å². The molecular formula is C9H9N5S. The van der Waals surface area contributed by atoms with Crippen LogP contribution in [0.4, 0.5) is 0 Å². The van der Waals surface area contributed by atoms with Crippen LogP contribution >= 0.6 is 11.3 Å². The number of nitriles is 1. The lowest BCUT2D eigenvalue weighted by molar-refractivity contribution is 0.678. The second kappa shape index (κ2) is 3.79. The molecule has 0 fully saturated rings. The van der Waals surface area contributed by atoms with Crippen molar-refractivity contribution in [1.29, 1.82) is 5.26 Å². The highest BCUT2D eigenvalue weighted by atomic mass is 32.1. The maximum Gasteiger partial charge on any atom is 0.252 e. The van der Waals surface area contributed by atoms with E-state index in [0.29, 0.717) is 6.54 Å². The smallest absolute Gasteiger partial charge is 0.245 e. The highest BCUT2D eigenvalue weighted by Crippen LogP contribution is 2.16.